The van der Waals surface area contributed by atoms with Crippen molar-refractivity contribution in [2.45, 2.75) is 85.6 Å². The number of benzene rings is 2. The van der Waals surface area contributed by atoms with Crippen molar-refractivity contribution < 1.29 is 58.9 Å². The SMILES string of the molecule is CO[C@H]1/C=C\O[C@@]2(C)Oc3c(C)c(O)c4c(O)c(c(C=NN5CCN(C)CC5)c(O)c4c3C2=O)NC(=O)/C(C)=C\C=C/[C@H](C)[C@H](O)[C@@H](C)[C@@H](O)[C@@H](C)[C@H](OC(C)=O)[C@@H]1C. The van der Waals surface area contributed by atoms with Gasteiger partial charge >= 0.3 is 11.8 Å². The number of phenolic OH excluding ortho intramolecular Hbond substituents is 3. The van der Waals surface area contributed by atoms with Gasteiger partial charge in [-0.1, -0.05) is 45.9 Å². The first kappa shape index (κ1) is 44.9. The van der Waals surface area contributed by atoms with E-state index in [1.165, 1.54) is 59.4 Å². The van der Waals surface area contributed by atoms with Crippen LogP contribution < -0.4 is 10.1 Å². The lowest BCUT2D eigenvalue weighted by Gasteiger charge is -2.38. The minimum Gasteiger partial charge on any atom is -0.507 e. The number of Topliss-reactive ketones (excluding diaryl/α,β-unsaturated/α-hetero) is 1. The van der Waals surface area contributed by atoms with Crippen molar-refractivity contribution in [3.63, 3.8) is 0 Å². The molecule has 2 aromatic carbocycles. The molecule has 0 saturated carbocycles. The zero-order chi connectivity index (χ0) is 43.7. The quantitative estimate of drug-likeness (QED) is 0.109. The number of fused-ring (bicyclic) bond motifs is 14. The molecule has 5 bridgehead atoms. The van der Waals surface area contributed by atoms with Crippen LogP contribution in [0.3, 0.4) is 0 Å². The summed E-state index contributed by atoms with van der Waals surface area (Å²) in [5, 5.41) is 66.8. The van der Waals surface area contributed by atoms with E-state index in [-0.39, 0.29) is 44.5 Å². The van der Waals surface area contributed by atoms with Gasteiger partial charge in [0.1, 0.15) is 23.4 Å². The molecule has 4 aliphatic rings. The number of piperazine rings is 1. The summed E-state index contributed by atoms with van der Waals surface area (Å²) in [5.41, 5.74) is -0.350. The van der Waals surface area contributed by atoms with E-state index in [0.717, 1.165) is 13.1 Å². The fourth-order valence-electron chi connectivity index (χ4n) is 7.92. The third kappa shape index (κ3) is 8.91. The van der Waals surface area contributed by atoms with E-state index in [4.69, 9.17) is 18.9 Å². The summed E-state index contributed by atoms with van der Waals surface area (Å²) in [5.74, 6) is -8.34. The lowest BCUT2D eigenvalue weighted by Crippen LogP contribution is -2.46. The van der Waals surface area contributed by atoms with Gasteiger partial charge in [0, 0.05) is 87.3 Å². The summed E-state index contributed by atoms with van der Waals surface area (Å²) in [4.78, 5) is 42.6. The number of hydrogen-bond acceptors (Lipinski definition) is 15. The number of phenols is 3. The molecule has 0 spiro atoms. The number of ether oxygens (including phenoxy) is 4. The molecule has 9 atom stereocenters. The minimum atomic E-state index is -2.04. The number of aliphatic hydroxyl groups is 2. The van der Waals surface area contributed by atoms with Gasteiger partial charge in [-0.05, 0) is 27.0 Å². The number of anilines is 1. The number of aromatic hydroxyl groups is 3. The average molecular weight is 823 g/mol. The smallest absolute Gasteiger partial charge is 0.312 e. The third-order valence-electron chi connectivity index (χ3n) is 11.9. The Kier molecular flexibility index (Phi) is 13.7. The van der Waals surface area contributed by atoms with Crippen molar-refractivity contribution in [2.75, 3.05) is 45.7 Å². The number of allylic oxidation sites excluding steroid dienone is 2. The number of nitrogens with zero attached hydrogens (tertiary/aromatic N) is 3. The number of esters is 1. The van der Waals surface area contributed by atoms with Crippen LogP contribution in [0.1, 0.15) is 70.0 Å². The maximum atomic E-state index is 14.4. The normalized spacial score (nSPS) is 32.1. The van der Waals surface area contributed by atoms with E-state index < -0.39 is 88.8 Å². The van der Waals surface area contributed by atoms with Gasteiger partial charge in [0.15, 0.2) is 5.75 Å². The number of rotatable bonds is 4. The van der Waals surface area contributed by atoms with Crippen LogP contribution in [0.2, 0.25) is 0 Å². The monoisotopic (exact) mass is 822 g/mol. The molecule has 59 heavy (non-hydrogen) atoms. The van der Waals surface area contributed by atoms with Crippen LogP contribution in [0.5, 0.6) is 23.0 Å². The average Bonchev–Trinajstić information content (AvgIpc) is 3.46. The van der Waals surface area contributed by atoms with Crippen LogP contribution >= 0.6 is 0 Å². The molecule has 322 valence electrons. The summed E-state index contributed by atoms with van der Waals surface area (Å²) in [6, 6.07) is 0. The molecule has 6 N–H and O–H groups in total. The summed E-state index contributed by atoms with van der Waals surface area (Å²) < 4.78 is 23.6. The van der Waals surface area contributed by atoms with Gasteiger partial charge in [-0.15, -0.1) is 0 Å². The Labute approximate surface area is 344 Å². The highest BCUT2D eigenvalue weighted by atomic mass is 16.7. The van der Waals surface area contributed by atoms with Crippen LogP contribution in [-0.4, -0.2) is 130 Å². The number of carbonyl (C=O) groups excluding carboxylic acids is 3. The number of hydrogen-bond donors (Lipinski definition) is 6. The number of aliphatic hydroxyl groups excluding tert-OH is 2. The molecule has 0 aromatic heterocycles. The van der Waals surface area contributed by atoms with Crippen molar-refractivity contribution in [3.05, 3.63) is 52.8 Å². The highest BCUT2D eigenvalue weighted by Crippen LogP contribution is 2.55. The van der Waals surface area contributed by atoms with Crippen molar-refractivity contribution in [1.82, 2.24) is 9.91 Å². The van der Waals surface area contributed by atoms with E-state index in [0.29, 0.717) is 13.1 Å². The van der Waals surface area contributed by atoms with Gasteiger partial charge in [0.25, 0.3) is 11.7 Å². The highest BCUT2D eigenvalue weighted by molar-refractivity contribution is 6.23. The van der Waals surface area contributed by atoms with Crippen molar-refractivity contribution in [1.29, 1.82) is 0 Å². The zero-order valence-corrected chi connectivity index (χ0v) is 35.3. The number of hydrazone groups is 1. The topological polar surface area (TPSA) is 220 Å². The first-order valence-corrected chi connectivity index (χ1v) is 19.8. The van der Waals surface area contributed by atoms with Crippen molar-refractivity contribution in [3.8, 4) is 23.0 Å². The fraction of sp³-hybridized carbons (Fsp3) is 0.535. The summed E-state index contributed by atoms with van der Waals surface area (Å²) >= 11 is 0. The Morgan fingerprint density at radius 2 is 1.61 bits per heavy atom. The Hall–Kier alpha value is -5.16. The summed E-state index contributed by atoms with van der Waals surface area (Å²) in [6.45, 7) is 15.1. The molecular weight excluding hydrogens is 764 g/mol. The highest BCUT2D eigenvalue weighted by Gasteiger charge is 2.50. The molecule has 1 amide bonds. The maximum Gasteiger partial charge on any atom is 0.312 e. The Morgan fingerprint density at radius 3 is 2.24 bits per heavy atom. The maximum absolute atomic E-state index is 14.4. The standard InChI is InChI=1S/C43H58N4O12/c1-21-12-11-13-22(2)42(55)45-33-28(20-44-47-17-15-46(9)16-18-47)37(52)30-31(38(33)53)36(51)26(6)40-32(30)41(54)43(8,59-40)57-19-14-29(56-10)23(3)39(58-27(7)48)25(5)35(50)24(4)34(21)49/h11-14,19-21,23-25,29,34-35,39,49-53H,15-18H2,1-10H3,(H,45,55)/b12-11-,19-14-,22-13-,44-20?/t21-,23+,24+,25+,29-,34-,35+,39+,43-/m0/s1. The van der Waals surface area contributed by atoms with Gasteiger partial charge in [0.2, 0.25) is 0 Å². The van der Waals surface area contributed by atoms with E-state index in [1.807, 2.05) is 7.05 Å². The van der Waals surface area contributed by atoms with E-state index >= 15 is 0 Å². The Morgan fingerprint density at radius 1 is 0.949 bits per heavy atom. The number of carbonyl (C=O) groups is 3. The van der Waals surface area contributed by atoms with Gasteiger partial charge in [0.05, 0.1) is 53.0 Å². The molecule has 4 heterocycles. The molecule has 4 aliphatic heterocycles. The predicted octanol–water partition coefficient (Wildman–Crippen LogP) is 4.34. The summed E-state index contributed by atoms with van der Waals surface area (Å²) in [7, 11) is 3.42. The van der Waals surface area contributed by atoms with Crippen molar-refractivity contribution in [2.24, 2.45) is 28.8 Å². The second kappa shape index (κ2) is 18.0. The van der Waals surface area contributed by atoms with Gasteiger partial charge in [-0.25, -0.2) is 0 Å². The van der Waals surface area contributed by atoms with Gasteiger partial charge < -0.3 is 54.7 Å². The van der Waals surface area contributed by atoms with Crippen LogP contribution in [0.15, 0.2) is 41.2 Å². The Bertz CT molecular complexity index is 2070. The first-order valence-electron chi connectivity index (χ1n) is 19.8. The molecule has 6 rings (SSSR count). The molecule has 2 aromatic rings. The third-order valence-corrected chi connectivity index (χ3v) is 11.9. The Balaban J connectivity index is 1.70. The molecule has 0 aliphatic carbocycles. The number of methoxy groups -OCH3 is 1. The van der Waals surface area contributed by atoms with Gasteiger partial charge in [-0.2, -0.15) is 5.10 Å². The second-order valence-corrected chi connectivity index (χ2v) is 16.1. The molecule has 0 radical (unpaired) electrons. The number of nitrogens with one attached hydrogen (secondary N) is 1. The lowest BCUT2D eigenvalue weighted by molar-refractivity contribution is -0.160. The summed E-state index contributed by atoms with van der Waals surface area (Å²) in [6.07, 6.45) is 4.86. The first-order chi connectivity index (χ1) is 27.7. The molecular formula is C43H58N4O12. The van der Waals surface area contributed by atoms with Gasteiger partial charge in [-0.3, -0.25) is 19.4 Å². The van der Waals surface area contributed by atoms with Crippen LogP contribution in [-0.2, 0) is 23.8 Å². The second-order valence-electron chi connectivity index (χ2n) is 16.1. The molecule has 16 heteroatoms. The minimum absolute atomic E-state index is 0.0559. The molecule has 16 nitrogen and oxygen atoms in total. The van der Waals surface area contributed by atoms with E-state index in [9.17, 15) is 39.9 Å². The molecule has 1 saturated heterocycles. The number of amides is 1. The van der Waals surface area contributed by atoms with E-state index in [2.05, 4.69) is 15.3 Å². The van der Waals surface area contributed by atoms with Crippen LogP contribution in [0.25, 0.3) is 10.8 Å². The van der Waals surface area contributed by atoms with Crippen LogP contribution in [0.4, 0.5) is 5.69 Å². The lowest BCUT2D eigenvalue weighted by atomic mass is 9.78. The fourth-order valence-corrected chi connectivity index (χ4v) is 7.92. The largest absolute Gasteiger partial charge is 0.507 e. The number of likely N-dealkylation sites (N-methyl/N-ethyl adjacent to an activating group) is 1. The van der Waals surface area contributed by atoms with Crippen LogP contribution in [0, 0.1) is 30.6 Å². The molecule has 1 fully saturated rings. The zero-order valence-electron chi connectivity index (χ0n) is 35.3. The molecule has 0 unspecified atom stereocenters. The predicted molar refractivity (Wildman–Crippen MR) is 220 cm³/mol. The van der Waals surface area contributed by atoms with Crippen molar-refractivity contribution >= 4 is 40.3 Å². The van der Waals surface area contributed by atoms with E-state index in [1.54, 1.807) is 44.9 Å². The number of ketones is 1.